The summed E-state index contributed by atoms with van der Waals surface area (Å²) in [6, 6.07) is 7.82. The highest BCUT2D eigenvalue weighted by atomic mass is 32.1. The smallest absolute Gasteiger partial charge is 0.142 e. The predicted molar refractivity (Wildman–Crippen MR) is 78.9 cm³/mol. The second kappa shape index (κ2) is 5.84. The molecule has 0 atom stereocenters. The zero-order valence-electron chi connectivity index (χ0n) is 11.0. The number of nitrogens with one attached hydrogen (secondary N) is 1. The Kier molecular flexibility index (Phi) is 4.16. The summed E-state index contributed by atoms with van der Waals surface area (Å²) in [6.07, 6.45) is 0. The molecule has 0 fully saturated rings. The van der Waals surface area contributed by atoms with Gasteiger partial charge in [-0.05, 0) is 30.2 Å². The lowest BCUT2D eigenvalue weighted by molar-refractivity contribution is 0.271. The van der Waals surface area contributed by atoms with Gasteiger partial charge in [0, 0.05) is 10.9 Å². The molecule has 0 radical (unpaired) electrons. The van der Waals surface area contributed by atoms with Gasteiger partial charge in [0.15, 0.2) is 0 Å². The Morgan fingerprint density at radius 1 is 1.37 bits per heavy atom. The van der Waals surface area contributed by atoms with Crippen LogP contribution in [0, 0.1) is 11.3 Å². The van der Waals surface area contributed by atoms with Gasteiger partial charge in [-0.3, -0.25) is 5.41 Å². The van der Waals surface area contributed by atoms with Crippen molar-refractivity contribution < 1.29 is 4.74 Å². The molecule has 2 rings (SSSR count). The molecule has 0 aliphatic heterocycles. The van der Waals surface area contributed by atoms with Gasteiger partial charge in [-0.2, -0.15) is 0 Å². The Morgan fingerprint density at radius 2 is 2.05 bits per heavy atom. The van der Waals surface area contributed by atoms with Crippen LogP contribution in [-0.2, 0) is 0 Å². The zero-order chi connectivity index (χ0) is 13.8. The number of hydrogen-bond acceptors (Lipinski definition) is 4. The van der Waals surface area contributed by atoms with Crippen molar-refractivity contribution in [2.24, 2.45) is 11.7 Å². The third kappa shape index (κ3) is 3.54. The third-order valence-electron chi connectivity index (χ3n) is 2.46. The van der Waals surface area contributed by atoms with Crippen molar-refractivity contribution in [1.29, 1.82) is 5.41 Å². The van der Waals surface area contributed by atoms with Gasteiger partial charge in [-0.1, -0.05) is 13.8 Å². The number of nitrogen functional groups attached to an aromatic ring is 1. The quantitative estimate of drug-likeness (QED) is 0.650. The summed E-state index contributed by atoms with van der Waals surface area (Å²) < 4.78 is 5.63. The molecule has 0 spiro atoms. The number of amidine groups is 1. The van der Waals surface area contributed by atoms with Crippen LogP contribution in [-0.4, -0.2) is 17.4 Å². The highest BCUT2D eigenvalue weighted by Crippen LogP contribution is 2.25. The fraction of sp³-hybridized carbons (Fsp3) is 0.286. The molecule has 0 saturated heterocycles. The van der Waals surface area contributed by atoms with Gasteiger partial charge in [-0.25, -0.2) is 4.98 Å². The van der Waals surface area contributed by atoms with Gasteiger partial charge < -0.3 is 10.5 Å². The summed E-state index contributed by atoms with van der Waals surface area (Å²) in [4.78, 5) is 4.31. The van der Waals surface area contributed by atoms with Crippen LogP contribution in [0.4, 0.5) is 0 Å². The number of nitrogens with two attached hydrogens (primary N) is 1. The molecule has 1 aromatic carbocycles. The van der Waals surface area contributed by atoms with Crippen LogP contribution >= 0.6 is 11.3 Å². The van der Waals surface area contributed by atoms with Crippen LogP contribution < -0.4 is 10.5 Å². The van der Waals surface area contributed by atoms with E-state index in [-0.39, 0.29) is 5.84 Å². The first-order chi connectivity index (χ1) is 9.06. The number of ether oxygens (including phenoxy) is 1. The maximum atomic E-state index is 7.34. The predicted octanol–water partition coefficient (Wildman–Crippen LogP) is 3.13. The van der Waals surface area contributed by atoms with Crippen LogP contribution in [0.5, 0.6) is 5.75 Å². The van der Waals surface area contributed by atoms with Crippen molar-refractivity contribution in [3.63, 3.8) is 0 Å². The van der Waals surface area contributed by atoms with E-state index in [1.807, 2.05) is 24.3 Å². The number of nitrogens with zero attached hydrogens (tertiary/aromatic N) is 1. The van der Waals surface area contributed by atoms with E-state index in [0.29, 0.717) is 18.2 Å². The van der Waals surface area contributed by atoms with E-state index in [0.717, 1.165) is 16.3 Å². The monoisotopic (exact) mass is 275 g/mol. The molecule has 4 nitrogen and oxygen atoms in total. The lowest BCUT2D eigenvalue weighted by Crippen LogP contribution is -2.11. The maximum Gasteiger partial charge on any atom is 0.142 e. The Balaban J connectivity index is 2.10. The summed E-state index contributed by atoms with van der Waals surface area (Å²) in [5.74, 6) is 1.37. The molecule has 0 aliphatic rings. The topological polar surface area (TPSA) is 72.0 Å². The molecule has 100 valence electrons. The van der Waals surface area contributed by atoms with Gasteiger partial charge in [0.1, 0.15) is 22.3 Å². The highest BCUT2D eigenvalue weighted by molar-refractivity contribution is 7.13. The minimum absolute atomic E-state index is 0.000568. The van der Waals surface area contributed by atoms with Crippen LogP contribution in [0.25, 0.3) is 10.6 Å². The number of hydrogen-bond donors (Lipinski definition) is 2. The van der Waals surface area contributed by atoms with E-state index in [2.05, 4.69) is 18.8 Å². The molecule has 0 bridgehead atoms. The maximum absolute atomic E-state index is 7.34. The van der Waals surface area contributed by atoms with Crippen molar-refractivity contribution in [2.75, 3.05) is 6.61 Å². The number of thiazole rings is 1. The van der Waals surface area contributed by atoms with Gasteiger partial charge in [0.05, 0.1) is 6.61 Å². The first kappa shape index (κ1) is 13.5. The van der Waals surface area contributed by atoms with Crippen molar-refractivity contribution in [1.82, 2.24) is 4.98 Å². The molecule has 0 aliphatic carbocycles. The van der Waals surface area contributed by atoms with Crippen LogP contribution in [0.3, 0.4) is 0 Å². The summed E-state index contributed by atoms with van der Waals surface area (Å²) in [5.41, 5.74) is 6.94. The van der Waals surface area contributed by atoms with Crippen LogP contribution in [0.1, 0.15) is 19.5 Å². The number of benzene rings is 1. The molecular weight excluding hydrogens is 258 g/mol. The molecule has 3 N–H and O–H groups in total. The molecule has 1 aromatic heterocycles. The lowest BCUT2D eigenvalue weighted by Gasteiger charge is -2.08. The van der Waals surface area contributed by atoms with Crippen LogP contribution in [0.2, 0.25) is 0 Å². The van der Waals surface area contributed by atoms with E-state index in [1.54, 1.807) is 5.38 Å². The molecule has 2 aromatic rings. The standard InChI is InChI=1S/C14H17N3OS/c1-9(2)7-18-11-5-3-10(4-6-11)14-17-12(8-19-14)13(15)16/h3-6,8-9H,7H2,1-2H3,(H3,15,16). The second-order valence-electron chi connectivity index (χ2n) is 4.68. The third-order valence-corrected chi connectivity index (χ3v) is 3.36. The Bertz CT molecular complexity index is 560. The van der Waals surface area contributed by atoms with E-state index in [1.165, 1.54) is 11.3 Å². The van der Waals surface area contributed by atoms with Crippen molar-refractivity contribution in [3.05, 3.63) is 35.3 Å². The van der Waals surface area contributed by atoms with Crippen LogP contribution in [0.15, 0.2) is 29.6 Å². The Hall–Kier alpha value is -1.88. The SMILES string of the molecule is CC(C)COc1ccc(-c2nc(C(=N)N)cs2)cc1. The minimum Gasteiger partial charge on any atom is -0.493 e. The fourth-order valence-corrected chi connectivity index (χ4v) is 2.31. The molecule has 0 amide bonds. The van der Waals surface area contributed by atoms with Crippen molar-refractivity contribution >= 4 is 17.2 Å². The van der Waals surface area contributed by atoms with E-state index in [9.17, 15) is 0 Å². The average Bonchev–Trinajstić information content (AvgIpc) is 2.86. The minimum atomic E-state index is -0.000568. The first-order valence-corrected chi connectivity index (χ1v) is 6.97. The summed E-state index contributed by atoms with van der Waals surface area (Å²) >= 11 is 1.48. The average molecular weight is 275 g/mol. The molecule has 1 heterocycles. The molecule has 0 unspecified atom stereocenters. The van der Waals surface area contributed by atoms with E-state index < -0.39 is 0 Å². The normalized spacial score (nSPS) is 10.7. The second-order valence-corrected chi connectivity index (χ2v) is 5.54. The van der Waals surface area contributed by atoms with E-state index >= 15 is 0 Å². The van der Waals surface area contributed by atoms with Gasteiger partial charge in [0.2, 0.25) is 0 Å². The summed E-state index contributed by atoms with van der Waals surface area (Å²) in [5, 5.41) is 10.00. The fourth-order valence-electron chi connectivity index (χ4n) is 1.49. The zero-order valence-corrected chi connectivity index (χ0v) is 11.8. The first-order valence-electron chi connectivity index (χ1n) is 6.09. The number of aromatic nitrogens is 1. The Labute approximate surface area is 116 Å². The number of rotatable bonds is 5. The highest BCUT2D eigenvalue weighted by Gasteiger charge is 2.06. The summed E-state index contributed by atoms with van der Waals surface area (Å²) in [6.45, 7) is 4.95. The van der Waals surface area contributed by atoms with Gasteiger partial charge >= 0.3 is 0 Å². The largest absolute Gasteiger partial charge is 0.493 e. The Morgan fingerprint density at radius 3 is 2.58 bits per heavy atom. The van der Waals surface area contributed by atoms with Crippen molar-refractivity contribution in [2.45, 2.75) is 13.8 Å². The molecule has 5 heteroatoms. The lowest BCUT2D eigenvalue weighted by atomic mass is 10.2. The van der Waals surface area contributed by atoms with Gasteiger partial charge in [0.25, 0.3) is 0 Å². The summed E-state index contributed by atoms with van der Waals surface area (Å²) in [7, 11) is 0. The molecule has 19 heavy (non-hydrogen) atoms. The van der Waals surface area contributed by atoms with E-state index in [4.69, 9.17) is 15.9 Å². The molecular formula is C14H17N3OS. The van der Waals surface area contributed by atoms with Gasteiger partial charge in [-0.15, -0.1) is 11.3 Å². The van der Waals surface area contributed by atoms with Crippen molar-refractivity contribution in [3.8, 4) is 16.3 Å². The molecule has 0 saturated carbocycles.